The number of aromatic carboxylic acids is 1. The maximum Gasteiger partial charge on any atom is 0.416 e. The van der Waals surface area contributed by atoms with Gasteiger partial charge in [0.1, 0.15) is 5.00 Å². The standard InChI is InChI=1S/C18H16F3NO3S/c1-9-2-7-12-13(8-9)26-16(14(12)17(24)25)22-15(23)10-3-5-11(6-4-10)18(19,20)21/h3-6,9H,2,7-8H2,1H3,(H,22,23)(H,24,25). The predicted octanol–water partition coefficient (Wildman–Crippen LogP) is 4.84. The van der Waals surface area contributed by atoms with E-state index in [4.69, 9.17) is 0 Å². The third-order valence-electron chi connectivity index (χ3n) is 4.43. The van der Waals surface area contributed by atoms with Crippen molar-refractivity contribution in [3.05, 3.63) is 51.4 Å². The number of hydrogen-bond donors (Lipinski definition) is 2. The molecular weight excluding hydrogens is 367 g/mol. The largest absolute Gasteiger partial charge is 0.478 e. The lowest BCUT2D eigenvalue weighted by Gasteiger charge is -2.17. The van der Waals surface area contributed by atoms with E-state index in [1.807, 2.05) is 0 Å². The van der Waals surface area contributed by atoms with Crippen LogP contribution in [0.1, 0.15) is 50.1 Å². The average Bonchev–Trinajstić information content (AvgIpc) is 2.91. The molecule has 1 aliphatic carbocycles. The SMILES string of the molecule is CC1CCc2c(sc(NC(=O)c3ccc(C(F)(F)F)cc3)c2C(=O)O)C1. The Morgan fingerprint density at radius 1 is 1.23 bits per heavy atom. The van der Waals surface area contributed by atoms with Gasteiger partial charge in [-0.2, -0.15) is 13.2 Å². The van der Waals surface area contributed by atoms with Crippen LogP contribution in [-0.4, -0.2) is 17.0 Å². The highest BCUT2D eigenvalue weighted by molar-refractivity contribution is 7.17. The zero-order valence-corrected chi connectivity index (χ0v) is 14.6. The van der Waals surface area contributed by atoms with Gasteiger partial charge in [0.15, 0.2) is 0 Å². The fourth-order valence-electron chi connectivity index (χ4n) is 3.05. The van der Waals surface area contributed by atoms with E-state index < -0.39 is 23.6 Å². The quantitative estimate of drug-likeness (QED) is 0.797. The van der Waals surface area contributed by atoms with Gasteiger partial charge in [-0.1, -0.05) is 6.92 Å². The van der Waals surface area contributed by atoms with E-state index in [0.29, 0.717) is 12.3 Å². The van der Waals surface area contributed by atoms with Gasteiger partial charge in [0.2, 0.25) is 0 Å². The van der Waals surface area contributed by atoms with Crippen LogP contribution in [-0.2, 0) is 19.0 Å². The maximum absolute atomic E-state index is 12.6. The minimum Gasteiger partial charge on any atom is -0.478 e. The van der Waals surface area contributed by atoms with Crippen LogP contribution in [0.5, 0.6) is 0 Å². The smallest absolute Gasteiger partial charge is 0.416 e. The van der Waals surface area contributed by atoms with E-state index in [-0.39, 0.29) is 16.1 Å². The van der Waals surface area contributed by atoms with E-state index >= 15 is 0 Å². The second-order valence-electron chi connectivity index (χ2n) is 6.39. The number of hydrogen-bond acceptors (Lipinski definition) is 3. The molecule has 0 aliphatic heterocycles. The van der Waals surface area contributed by atoms with E-state index in [1.54, 1.807) is 0 Å². The molecule has 0 bridgehead atoms. The van der Waals surface area contributed by atoms with Crippen LogP contribution in [0.3, 0.4) is 0 Å². The normalized spacial score (nSPS) is 16.8. The molecule has 8 heteroatoms. The summed E-state index contributed by atoms with van der Waals surface area (Å²) in [7, 11) is 0. The van der Waals surface area contributed by atoms with Crippen LogP contribution < -0.4 is 5.32 Å². The summed E-state index contributed by atoms with van der Waals surface area (Å²) in [5.74, 6) is -1.30. The minimum atomic E-state index is -4.48. The Morgan fingerprint density at radius 2 is 1.88 bits per heavy atom. The van der Waals surface area contributed by atoms with E-state index in [0.717, 1.165) is 47.5 Å². The third kappa shape index (κ3) is 3.60. The number of amides is 1. The number of thiophene rings is 1. The zero-order chi connectivity index (χ0) is 19.1. The van der Waals surface area contributed by atoms with Crippen molar-refractivity contribution in [2.45, 2.75) is 32.4 Å². The van der Waals surface area contributed by atoms with Crippen molar-refractivity contribution < 1.29 is 27.9 Å². The predicted molar refractivity (Wildman–Crippen MR) is 91.9 cm³/mol. The molecular formula is C18H16F3NO3S. The summed E-state index contributed by atoms with van der Waals surface area (Å²) in [5.41, 5.74) is 0.0374. The number of carboxylic acid groups (broad SMARTS) is 1. The molecule has 0 spiro atoms. The molecule has 2 aromatic rings. The molecule has 0 fully saturated rings. The minimum absolute atomic E-state index is 0.0362. The summed E-state index contributed by atoms with van der Waals surface area (Å²) in [6.45, 7) is 2.09. The van der Waals surface area contributed by atoms with Crippen molar-refractivity contribution in [1.82, 2.24) is 0 Å². The van der Waals surface area contributed by atoms with Gasteiger partial charge in [-0.15, -0.1) is 11.3 Å². The number of carbonyl (C=O) groups excluding carboxylic acids is 1. The second kappa shape index (κ2) is 6.75. The molecule has 1 heterocycles. The lowest BCUT2D eigenvalue weighted by atomic mass is 9.88. The Labute approximate surface area is 151 Å². The van der Waals surface area contributed by atoms with E-state index in [1.165, 1.54) is 11.3 Å². The summed E-state index contributed by atoms with van der Waals surface area (Å²) in [5, 5.41) is 12.3. The molecule has 1 aliphatic rings. The number of carboxylic acids is 1. The second-order valence-corrected chi connectivity index (χ2v) is 7.50. The van der Waals surface area contributed by atoms with Gasteiger partial charge in [0.25, 0.3) is 5.91 Å². The van der Waals surface area contributed by atoms with Crippen molar-refractivity contribution in [2.75, 3.05) is 5.32 Å². The van der Waals surface area contributed by atoms with Gasteiger partial charge in [0, 0.05) is 10.4 Å². The Kier molecular flexibility index (Phi) is 4.79. The number of nitrogens with one attached hydrogen (secondary N) is 1. The first-order chi connectivity index (χ1) is 12.2. The van der Waals surface area contributed by atoms with Crippen molar-refractivity contribution >= 4 is 28.2 Å². The highest BCUT2D eigenvalue weighted by atomic mass is 32.1. The van der Waals surface area contributed by atoms with Crippen molar-refractivity contribution in [3.8, 4) is 0 Å². The van der Waals surface area contributed by atoms with Crippen molar-refractivity contribution in [2.24, 2.45) is 5.92 Å². The third-order valence-corrected chi connectivity index (χ3v) is 5.60. The molecule has 1 unspecified atom stereocenters. The zero-order valence-electron chi connectivity index (χ0n) is 13.8. The first-order valence-corrected chi connectivity index (χ1v) is 8.85. The topological polar surface area (TPSA) is 66.4 Å². The van der Waals surface area contributed by atoms with Crippen LogP contribution in [0.25, 0.3) is 0 Å². The number of halogens is 3. The summed E-state index contributed by atoms with van der Waals surface area (Å²) < 4.78 is 37.8. The number of benzene rings is 1. The van der Waals surface area contributed by atoms with Gasteiger partial charge in [-0.05, 0) is 55.0 Å². The summed E-state index contributed by atoms with van der Waals surface area (Å²) in [6, 6.07) is 3.81. The maximum atomic E-state index is 12.6. The van der Waals surface area contributed by atoms with Crippen LogP contribution >= 0.6 is 11.3 Å². The molecule has 0 radical (unpaired) electrons. The first kappa shape index (κ1) is 18.4. The highest BCUT2D eigenvalue weighted by Gasteiger charge is 2.31. The molecule has 138 valence electrons. The van der Waals surface area contributed by atoms with Gasteiger partial charge in [0.05, 0.1) is 11.1 Å². The summed E-state index contributed by atoms with van der Waals surface area (Å²) >= 11 is 1.23. The Bertz CT molecular complexity index is 856. The molecule has 0 saturated heterocycles. The van der Waals surface area contributed by atoms with Crippen LogP contribution in [0.15, 0.2) is 24.3 Å². The van der Waals surface area contributed by atoms with Crippen molar-refractivity contribution in [3.63, 3.8) is 0 Å². The molecule has 1 amide bonds. The molecule has 1 atom stereocenters. The fraction of sp³-hybridized carbons (Fsp3) is 0.333. The van der Waals surface area contributed by atoms with E-state index in [9.17, 15) is 27.9 Å². The number of carbonyl (C=O) groups is 2. The molecule has 1 aromatic heterocycles. The summed E-state index contributed by atoms with van der Waals surface area (Å²) in [6.07, 6.45) is -2.19. The molecule has 0 saturated carbocycles. The number of alkyl halides is 3. The number of rotatable bonds is 3. The van der Waals surface area contributed by atoms with Gasteiger partial charge in [-0.3, -0.25) is 4.79 Å². The van der Waals surface area contributed by atoms with Crippen LogP contribution in [0.4, 0.5) is 18.2 Å². The fourth-order valence-corrected chi connectivity index (χ4v) is 4.45. The lowest BCUT2D eigenvalue weighted by molar-refractivity contribution is -0.137. The Morgan fingerprint density at radius 3 is 2.46 bits per heavy atom. The van der Waals surface area contributed by atoms with Gasteiger partial charge in [-0.25, -0.2) is 4.79 Å². The molecule has 26 heavy (non-hydrogen) atoms. The van der Waals surface area contributed by atoms with Gasteiger partial charge >= 0.3 is 12.1 Å². The molecule has 3 rings (SSSR count). The molecule has 2 N–H and O–H groups in total. The first-order valence-electron chi connectivity index (χ1n) is 8.03. The lowest BCUT2D eigenvalue weighted by Crippen LogP contribution is -2.15. The molecule has 1 aromatic carbocycles. The summed E-state index contributed by atoms with van der Waals surface area (Å²) in [4.78, 5) is 24.9. The highest BCUT2D eigenvalue weighted by Crippen LogP contribution is 2.40. The van der Waals surface area contributed by atoms with Crippen LogP contribution in [0.2, 0.25) is 0 Å². The van der Waals surface area contributed by atoms with Crippen molar-refractivity contribution in [1.29, 1.82) is 0 Å². The number of fused-ring (bicyclic) bond motifs is 1. The average molecular weight is 383 g/mol. The van der Waals surface area contributed by atoms with E-state index in [2.05, 4.69) is 12.2 Å². The Balaban J connectivity index is 1.87. The van der Waals surface area contributed by atoms with Gasteiger partial charge < -0.3 is 10.4 Å². The monoisotopic (exact) mass is 383 g/mol. The Hall–Kier alpha value is -2.35. The molecule has 4 nitrogen and oxygen atoms in total. The number of anilines is 1. The van der Waals surface area contributed by atoms with Crippen LogP contribution in [0, 0.1) is 5.92 Å².